The Morgan fingerprint density at radius 2 is 2.04 bits per heavy atom. The van der Waals surface area contributed by atoms with Gasteiger partial charge in [-0.05, 0) is 18.2 Å². The van der Waals surface area contributed by atoms with Crippen LogP contribution in [0.1, 0.15) is 10.4 Å². The standard InChI is InChI=1S/C17H23N5O2/c1-20-13-16(12-18-20)19-15-4-2-3-14(11-15)17(24)22-7-5-21(6-8-22)9-10-23/h2-4,11-13,19,23H,5-10H2,1H3. The summed E-state index contributed by atoms with van der Waals surface area (Å²) in [5, 5.41) is 16.4. The lowest BCUT2D eigenvalue weighted by molar-refractivity contribution is 0.0615. The highest BCUT2D eigenvalue weighted by molar-refractivity contribution is 5.95. The highest BCUT2D eigenvalue weighted by Crippen LogP contribution is 2.18. The first-order chi connectivity index (χ1) is 11.7. The first-order valence-corrected chi connectivity index (χ1v) is 8.14. The summed E-state index contributed by atoms with van der Waals surface area (Å²) in [6, 6.07) is 7.53. The molecule has 7 nitrogen and oxygen atoms in total. The van der Waals surface area contributed by atoms with Crippen LogP contribution in [0.25, 0.3) is 0 Å². The van der Waals surface area contributed by atoms with E-state index < -0.39 is 0 Å². The number of piperazine rings is 1. The van der Waals surface area contributed by atoms with E-state index in [1.807, 2.05) is 42.4 Å². The number of hydrogen-bond acceptors (Lipinski definition) is 5. The van der Waals surface area contributed by atoms with Gasteiger partial charge in [0, 0.05) is 57.2 Å². The largest absolute Gasteiger partial charge is 0.395 e. The van der Waals surface area contributed by atoms with Crippen molar-refractivity contribution in [2.75, 3.05) is 44.6 Å². The van der Waals surface area contributed by atoms with Crippen molar-refractivity contribution in [1.29, 1.82) is 0 Å². The van der Waals surface area contributed by atoms with E-state index in [9.17, 15) is 4.79 Å². The summed E-state index contributed by atoms with van der Waals surface area (Å²) in [4.78, 5) is 16.7. The van der Waals surface area contributed by atoms with Crippen molar-refractivity contribution >= 4 is 17.3 Å². The lowest BCUT2D eigenvalue weighted by atomic mass is 10.1. The van der Waals surface area contributed by atoms with E-state index in [0.717, 1.165) is 24.5 Å². The lowest BCUT2D eigenvalue weighted by Crippen LogP contribution is -2.49. The number of carbonyl (C=O) groups excluding carboxylic acids is 1. The number of hydrogen-bond donors (Lipinski definition) is 2. The van der Waals surface area contributed by atoms with E-state index in [4.69, 9.17) is 5.11 Å². The van der Waals surface area contributed by atoms with Gasteiger partial charge in [-0.2, -0.15) is 5.10 Å². The molecule has 2 heterocycles. The number of rotatable bonds is 5. The monoisotopic (exact) mass is 329 g/mol. The van der Waals surface area contributed by atoms with Crippen molar-refractivity contribution in [1.82, 2.24) is 19.6 Å². The third kappa shape index (κ3) is 3.93. The number of anilines is 2. The van der Waals surface area contributed by atoms with Crippen LogP contribution in [0.2, 0.25) is 0 Å². The van der Waals surface area contributed by atoms with Crippen molar-refractivity contribution in [3.8, 4) is 0 Å². The van der Waals surface area contributed by atoms with Crippen LogP contribution in [0.4, 0.5) is 11.4 Å². The van der Waals surface area contributed by atoms with Crippen molar-refractivity contribution in [3.63, 3.8) is 0 Å². The second-order valence-electron chi connectivity index (χ2n) is 5.97. The molecule has 1 saturated heterocycles. The zero-order valence-electron chi connectivity index (χ0n) is 13.9. The molecule has 2 N–H and O–H groups in total. The van der Waals surface area contributed by atoms with Gasteiger partial charge in [0.1, 0.15) is 0 Å². The van der Waals surface area contributed by atoms with Gasteiger partial charge in [0.2, 0.25) is 0 Å². The van der Waals surface area contributed by atoms with Crippen LogP contribution in [-0.4, -0.2) is 69.9 Å². The summed E-state index contributed by atoms with van der Waals surface area (Å²) in [6.45, 7) is 3.83. The fourth-order valence-corrected chi connectivity index (χ4v) is 2.88. The Morgan fingerprint density at radius 1 is 1.25 bits per heavy atom. The molecule has 2 aromatic rings. The number of nitrogens with one attached hydrogen (secondary N) is 1. The molecule has 0 unspecified atom stereocenters. The minimum absolute atomic E-state index is 0.0495. The average Bonchev–Trinajstić information content (AvgIpc) is 3.00. The molecule has 1 aromatic carbocycles. The molecule has 0 atom stereocenters. The smallest absolute Gasteiger partial charge is 0.254 e. The third-order valence-electron chi connectivity index (χ3n) is 4.18. The highest BCUT2D eigenvalue weighted by atomic mass is 16.3. The van der Waals surface area contributed by atoms with Crippen molar-refractivity contribution in [2.45, 2.75) is 0 Å². The van der Waals surface area contributed by atoms with E-state index in [1.54, 1.807) is 10.9 Å². The molecular formula is C17H23N5O2. The van der Waals surface area contributed by atoms with Gasteiger partial charge in [0.15, 0.2) is 0 Å². The summed E-state index contributed by atoms with van der Waals surface area (Å²) < 4.78 is 1.73. The molecule has 3 rings (SSSR count). The molecular weight excluding hydrogens is 306 g/mol. The van der Waals surface area contributed by atoms with Crippen LogP contribution < -0.4 is 5.32 Å². The number of carbonyl (C=O) groups is 1. The van der Waals surface area contributed by atoms with Gasteiger partial charge in [-0.1, -0.05) is 6.07 Å². The molecule has 1 aliphatic heterocycles. The Bertz CT molecular complexity index is 692. The zero-order valence-corrected chi connectivity index (χ0v) is 13.9. The van der Waals surface area contributed by atoms with Crippen LogP contribution in [0.3, 0.4) is 0 Å². The fourth-order valence-electron chi connectivity index (χ4n) is 2.88. The number of β-amino-alcohol motifs (C(OH)–C–C–N with tert-alkyl or cyclic N) is 1. The van der Waals surface area contributed by atoms with Crippen LogP contribution >= 0.6 is 0 Å². The van der Waals surface area contributed by atoms with Gasteiger partial charge >= 0.3 is 0 Å². The molecule has 0 radical (unpaired) electrons. The fraction of sp³-hybridized carbons (Fsp3) is 0.412. The topological polar surface area (TPSA) is 73.6 Å². The Kier molecular flexibility index (Phi) is 5.12. The summed E-state index contributed by atoms with van der Waals surface area (Å²) in [5.74, 6) is 0.0495. The first kappa shape index (κ1) is 16.5. The van der Waals surface area contributed by atoms with E-state index in [0.29, 0.717) is 25.2 Å². The van der Waals surface area contributed by atoms with Crippen LogP contribution in [0.15, 0.2) is 36.7 Å². The van der Waals surface area contributed by atoms with Crippen molar-refractivity contribution in [2.24, 2.45) is 7.05 Å². The summed E-state index contributed by atoms with van der Waals surface area (Å²) in [6.07, 6.45) is 3.63. The van der Waals surface area contributed by atoms with Gasteiger partial charge in [-0.15, -0.1) is 0 Å². The second-order valence-corrected chi connectivity index (χ2v) is 5.97. The molecule has 0 saturated carbocycles. The minimum Gasteiger partial charge on any atom is -0.395 e. The van der Waals surface area contributed by atoms with Crippen LogP contribution in [-0.2, 0) is 7.05 Å². The Morgan fingerprint density at radius 3 is 2.71 bits per heavy atom. The van der Waals surface area contributed by atoms with Gasteiger partial charge in [-0.25, -0.2) is 0 Å². The number of aryl methyl sites for hydroxylation is 1. The molecule has 24 heavy (non-hydrogen) atoms. The summed E-state index contributed by atoms with van der Waals surface area (Å²) in [7, 11) is 1.86. The number of aliphatic hydroxyl groups is 1. The molecule has 1 aromatic heterocycles. The van der Waals surface area contributed by atoms with Crippen LogP contribution in [0, 0.1) is 0 Å². The number of benzene rings is 1. The molecule has 1 fully saturated rings. The number of aromatic nitrogens is 2. The highest BCUT2D eigenvalue weighted by Gasteiger charge is 2.21. The molecule has 0 spiro atoms. The van der Waals surface area contributed by atoms with Crippen LogP contribution in [0.5, 0.6) is 0 Å². The second kappa shape index (κ2) is 7.46. The van der Waals surface area contributed by atoms with E-state index in [1.165, 1.54) is 0 Å². The Labute approximate surface area is 141 Å². The minimum atomic E-state index is 0.0495. The molecule has 1 amide bonds. The normalized spacial score (nSPS) is 15.5. The average molecular weight is 329 g/mol. The molecule has 1 aliphatic rings. The Balaban J connectivity index is 1.64. The third-order valence-corrected chi connectivity index (χ3v) is 4.18. The van der Waals surface area contributed by atoms with E-state index in [2.05, 4.69) is 15.3 Å². The predicted octanol–water partition coefficient (Wildman–Crippen LogP) is 0.914. The number of amides is 1. The molecule has 0 aliphatic carbocycles. The lowest BCUT2D eigenvalue weighted by Gasteiger charge is -2.34. The van der Waals surface area contributed by atoms with Crippen molar-refractivity contribution < 1.29 is 9.90 Å². The van der Waals surface area contributed by atoms with E-state index >= 15 is 0 Å². The van der Waals surface area contributed by atoms with Gasteiger partial charge < -0.3 is 15.3 Å². The quantitative estimate of drug-likeness (QED) is 0.853. The summed E-state index contributed by atoms with van der Waals surface area (Å²) in [5.41, 5.74) is 2.44. The van der Waals surface area contributed by atoms with E-state index in [-0.39, 0.29) is 12.5 Å². The molecule has 7 heteroatoms. The number of nitrogens with zero attached hydrogens (tertiary/aromatic N) is 4. The van der Waals surface area contributed by atoms with Gasteiger partial charge in [-0.3, -0.25) is 14.4 Å². The molecule has 0 bridgehead atoms. The zero-order chi connectivity index (χ0) is 16.9. The maximum absolute atomic E-state index is 12.7. The molecule has 128 valence electrons. The Hall–Kier alpha value is -2.38. The van der Waals surface area contributed by atoms with Gasteiger partial charge in [0.05, 0.1) is 18.5 Å². The summed E-state index contributed by atoms with van der Waals surface area (Å²) >= 11 is 0. The maximum Gasteiger partial charge on any atom is 0.254 e. The SMILES string of the molecule is Cn1cc(Nc2cccc(C(=O)N3CCN(CCO)CC3)c2)cn1. The number of aliphatic hydroxyl groups excluding tert-OH is 1. The maximum atomic E-state index is 12.7. The van der Waals surface area contributed by atoms with Gasteiger partial charge in [0.25, 0.3) is 5.91 Å². The van der Waals surface area contributed by atoms with Crippen molar-refractivity contribution in [3.05, 3.63) is 42.2 Å². The predicted molar refractivity (Wildman–Crippen MR) is 92.4 cm³/mol. The first-order valence-electron chi connectivity index (χ1n) is 8.14.